The minimum atomic E-state index is -1.28. The molecule has 5 bridgehead atoms. The van der Waals surface area contributed by atoms with Gasteiger partial charge >= 0.3 is 17.6 Å². The van der Waals surface area contributed by atoms with Gasteiger partial charge in [-0.3, -0.25) is 4.79 Å². The quantitative estimate of drug-likeness (QED) is 0.0748. The predicted octanol–water partition coefficient (Wildman–Crippen LogP) is 9.76. The summed E-state index contributed by atoms with van der Waals surface area (Å²) in [6, 6.07) is 29.1. The van der Waals surface area contributed by atoms with E-state index in [4.69, 9.17) is 18.6 Å². The lowest BCUT2D eigenvalue weighted by atomic mass is 9.82. The van der Waals surface area contributed by atoms with Crippen LogP contribution in [-0.4, -0.2) is 28.8 Å². The van der Waals surface area contributed by atoms with Crippen molar-refractivity contribution in [3.63, 3.8) is 0 Å². The van der Waals surface area contributed by atoms with E-state index in [1.165, 1.54) is 16.7 Å². The first-order valence-corrected chi connectivity index (χ1v) is 21.6. The van der Waals surface area contributed by atoms with E-state index >= 15 is 0 Å². The number of carbonyl (C=O) groups excluding carboxylic acids is 2. The molecule has 4 unspecified atom stereocenters. The molecule has 4 atom stereocenters. The van der Waals surface area contributed by atoms with Crippen LogP contribution in [-0.2, 0) is 57.8 Å². The second-order valence-electron chi connectivity index (χ2n) is 17.7. The number of carbonyl (C=O) groups is 2. The van der Waals surface area contributed by atoms with Gasteiger partial charge in [-0.25, -0.2) is 9.59 Å². The first-order chi connectivity index (χ1) is 29.4. The molecule has 0 fully saturated rings. The third-order valence-electron chi connectivity index (χ3n) is 12.6. The molecule has 8 heteroatoms. The van der Waals surface area contributed by atoms with Crippen LogP contribution in [0, 0.1) is 17.8 Å². The van der Waals surface area contributed by atoms with Crippen molar-refractivity contribution in [2.24, 2.45) is 5.92 Å². The van der Waals surface area contributed by atoms with Crippen molar-refractivity contribution in [1.82, 2.24) is 0 Å². The summed E-state index contributed by atoms with van der Waals surface area (Å²) in [5.41, 5.74) is 7.70. The Morgan fingerprint density at radius 3 is 2.41 bits per heavy atom. The number of rotatable bonds is 7. The van der Waals surface area contributed by atoms with E-state index < -0.39 is 42.0 Å². The zero-order valence-electron chi connectivity index (χ0n) is 35.8. The normalized spacial score (nSPS) is 21.4. The smallest absolute Gasteiger partial charge is 0.340 e. The molecule has 0 saturated carbocycles. The summed E-state index contributed by atoms with van der Waals surface area (Å²) in [5.74, 6) is 5.75. The third-order valence-corrected chi connectivity index (χ3v) is 12.6. The van der Waals surface area contributed by atoms with Gasteiger partial charge in [0.15, 0.2) is 17.8 Å². The van der Waals surface area contributed by atoms with Crippen LogP contribution in [0.4, 0.5) is 0 Å². The van der Waals surface area contributed by atoms with Gasteiger partial charge in [-0.1, -0.05) is 104 Å². The van der Waals surface area contributed by atoms with Crippen molar-refractivity contribution >= 4 is 22.9 Å². The number of aliphatic hydroxyl groups is 1. The maximum Gasteiger partial charge on any atom is 0.340 e. The average Bonchev–Trinajstić information content (AvgIpc) is 3.22. The van der Waals surface area contributed by atoms with Crippen LogP contribution >= 0.6 is 0 Å². The Kier molecular flexibility index (Phi) is 12.1. The molecule has 0 spiro atoms. The molecular formula is C53H54O8. The second kappa shape index (κ2) is 17.6. The summed E-state index contributed by atoms with van der Waals surface area (Å²) in [7, 11) is 0. The van der Waals surface area contributed by atoms with E-state index in [0.29, 0.717) is 53.5 Å². The minimum absolute atomic E-state index is 0.0912. The van der Waals surface area contributed by atoms with Gasteiger partial charge in [0.25, 0.3) is 0 Å². The first-order valence-electron chi connectivity index (χ1n) is 21.6. The van der Waals surface area contributed by atoms with Crippen LogP contribution < -0.4 is 10.4 Å². The monoisotopic (exact) mass is 818 g/mol. The maximum atomic E-state index is 14.7. The van der Waals surface area contributed by atoms with E-state index in [0.717, 1.165) is 41.5 Å². The standard InChI is InChI=1S/C53H54O8/c1-32(2)41-22-20-36-19-21-40-29-38(18-17-35-14-11-15-37(27-35)26-34-12-7-6-8-13-34)30-45(55)58-49-47-44(24-23-42-43(31-54)46(33(3)4)52(57)59-48(42)47)61-53(5,50(49)60-51(41)56)25-10-9-16-39(40)28-36/h6-8,11-15,19,21,23-24,27-28,33,38,49-50,54H,16-18,20,22,25-26,29-31H2,1-5H3. The molecule has 0 saturated heterocycles. The number of hydrogen-bond donors (Lipinski definition) is 1. The fourth-order valence-corrected chi connectivity index (χ4v) is 9.40. The largest absolute Gasteiger partial charge is 0.482 e. The highest BCUT2D eigenvalue weighted by atomic mass is 16.6. The van der Waals surface area contributed by atoms with Crippen LogP contribution in [0.1, 0.15) is 122 Å². The van der Waals surface area contributed by atoms with Gasteiger partial charge in [0.1, 0.15) is 11.3 Å². The number of aliphatic hydroxyl groups excluding tert-OH is 1. The van der Waals surface area contributed by atoms with Crippen molar-refractivity contribution in [2.45, 2.75) is 123 Å². The fourth-order valence-electron chi connectivity index (χ4n) is 9.40. The Morgan fingerprint density at radius 2 is 1.64 bits per heavy atom. The fraction of sp³-hybridized carbons (Fsp3) is 0.377. The Balaban J connectivity index is 1.25. The third kappa shape index (κ3) is 8.81. The van der Waals surface area contributed by atoms with E-state index in [-0.39, 0.29) is 35.8 Å². The molecule has 8 nitrogen and oxygen atoms in total. The van der Waals surface area contributed by atoms with E-state index in [1.807, 2.05) is 40.7 Å². The predicted molar refractivity (Wildman–Crippen MR) is 235 cm³/mol. The first kappa shape index (κ1) is 41.8. The van der Waals surface area contributed by atoms with Crippen molar-refractivity contribution < 1.29 is 33.3 Å². The summed E-state index contributed by atoms with van der Waals surface area (Å²) in [6.07, 6.45) is 2.37. The minimum Gasteiger partial charge on any atom is -0.482 e. The number of allylic oxidation sites excluding steroid dienone is 1. The summed E-state index contributed by atoms with van der Waals surface area (Å²) >= 11 is 0. The molecule has 1 aromatic heterocycles. The molecular weight excluding hydrogens is 765 g/mol. The van der Waals surface area contributed by atoms with Crippen molar-refractivity contribution in [2.75, 3.05) is 0 Å². The molecule has 8 rings (SSSR count). The molecule has 4 heterocycles. The van der Waals surface area contributed by atoms with Crippen molar-refractivity contribution in [3.8, 4) is 17.6 Å². The van der Waals surface area contributed by atoms with Gasteiger partial charge in [0.2, 0.25) is 0 Å². The summed E-state index contributed by atoms with van der Waals surface area (Å²) in [6.45, 7) is 8.95. The molecule has 4 aromatic carbocycles. The Labute approximate surface area is 357 Å². The molecule has 0 radical (unpaired) electrons. The SMILES string of the molecule is CC(C)=C1CCc2ccc3c(c2)CC#CCC2(C)Oc4ccc5c(CO)c(C(C)C)c(=O)oc5c4C(OC(=O)CC(CCc4cccc(Cc5ccccc5)c4)C3)C2OC1=O. The lowest BCUT2D eigenvalue weighted by Crippen LogP contribution is -2.54. The van der Waals surface area contributed by atoms with Crippen molar-refractivity contribution in [1.29, 1.82) is 0 Å². The lowest BCUT2D eigenvalue weighted by molar-refractivity contribution is -0.190. The molecule has 61 heavy (non-hydrogen) atoms. The zero-order valence-corrected chi connectivity index (χ0v) is 35.8. The van der Waals surface area contributed by atoms with Crippen molar-refractivity contribution in [3.05, 3.63) is 157 Å². The number of aryl methyl sites for hydroxylation is 2. The second-order valence-corrected chi connectivity index (χ2v) is 17.7. The number of benzene rings is 4. The van der Waals surface area contributed by atoms with Crippen LogP contribution in [0.2, 0.25) is 0 Å². The lowest BCUT2D eigenvalue weighted by Gasteiger charge is -2.44. The van der Waals surface area contributed by atoms with Gasteiger partial charge in [-0.05, 0) is 122 Å². The van der Waals surface area contributed by atoms with Crippen LogP contribution in [0.25, 0.3) is 11.0 Å². The average molecular weight is 819 g/mol. The van der Waals surface area contributed by atoms with E-state index in [1.54, 1.807) is 12.1 Å². The molecule has 5 aromatic rings. The van der Waals surface area contributed by atoms with Crippen LogP contribution in [0.3, 0.4) is 0 Å². The van der Waals surface area contributed by atoms with Gasteiger partial charge in [0.05, 0.1) is 18.6 Å². The van der Waals surface area contributed by atoms with Crippen LogP contribution in [0.15, 0.2) is 105 Å². The summed E-state index contributed by atoms with van der Waals surface area (Å²) in [4.78, 5) is 42.8. The Hall–Kier alpha value is -5.91. The Bertz CT molecular complexity index is 2640. The molecule has 314 valence electrons. The highest BCUT2D eigenvalue weighted by molar-refractivity contribution is 5.90. The molecule has 1 N–H and O–H groups in total. The maximum absolute atomic E-state index is 14.7. The van der Waals surface area contributed by atoms with Gasteiger partial charge in [0, 0.05) is 29.4 Å². The zero-order chi connectivity index (χ0) is 42.8. The highest BCUT2D eigenvalue weighted by Gasteiger charge is 2.53. The van der Waals surface area contributed by atoms with Gasteiger partial charge in [-0.15, -0.1) is 0 Å². The number of hydrogen-bond acceptors (Lipinski definition) is 8. The molecule has 0 aliphatic carbocycles. The molecule has 0 amide bonds. The molecule has 3 aliphatic heterocycles. The number of fused-ring (bicyclic) bond motifs is 7. The summed E-state index contributed by atoms with van der Waals surface area (Å²) in [5, 5.41) is 11.2. The van der Waals surface area contributed by atoms with E-state index in [9.17, 15) is 19.5 Å². The van der Waals surface area contributed by atoms with Gasteiger partial charge < -0.3 is 23.7 Å². The molecule has 3 aliphatic rings. The highest BCUT2D eigenvalue weighted by Crippen LogP contribution is 2.49. The van der Waals surface area contributed by atoms with Crippen LogP contribution in [0.5, 0.6) is 5.75 Å². The van der Waals surface area contributed by atoms with E-state index in [2.05, 4.69) is 78.6 Å². The number of ether oxygens (including phenoxy) is 3. The van der Waals surface area contributed by atoms with Gasteiger partial charge in [-0.2, -0.15) is 0 Å². The topological polar surface area (TPSA) is 112 Å². The Morgan fingerprint density at radius 1 is 0.852 bits per heavy atom. The number of esters is 2. The summed E-state index contributed by atoms with van der Waals surface area (Å²) < 4.78 is 26.1.